The van der Waals surface area contributed by atoms with Crippen LogP contribution in [0.1, 0.15) is 10.4 Å². The summed E-state index contributed by atoms with van der Waals surface area (Å²) in [4.78, 5) is 11.7. The van der Waals surface area contributed by atoms with Crippen molar-refractivity contribution in [2.75, 3.05) is 5.32 Å². The summed E-state index contributed by atoms with van der Waals surface area (Å²) in [5.41, 5.74) is 1.13. The highest BCUT2D eigenvalue weighted by molar-refractivity contribution is 6.04. The lowest BCUT2D eigenvalue weighted by atomic mass is 10.2. The van der Waals surface area contributed by atoms with E-state index in [1.54, 1.807) is 36.3 Å². The molecule has 0 atom stereocenters. The van der Waals surface area contributed by atoms with E-state index in [-0.39, 0.29) is 11.7 Å². The Hall–Kier alpha value is -2.30. The number of aromatic nitrogens is 2. The SMILES string of the molecule is Cn1cc(NC(=O)c2ccc(O)cc2)cn1. The summed E-state index contributed by atoms with van der Waals surface area (Å²) in [6.45, 7) is 0. The molecule has 1 aromatic heterocycles. The average molecular weight is 217 g/mol. The van der Waals surface area contributed by atoms with Crippen LogP contribution in [0.2, 0.25) is 0 Å². The standard InChI is InChI=1S/C11H11N3O2/c1-14-7-9(6-12-14)13-11(16)8-2-4-10(15)5-3-8/h2-7,15H,1H3,(H,13,16). The molecular formula is C11H11N3O2. The van der Waals surface area contributed by atoms with E-state index in [9.17, 15) is 4.79 Å². The molecule has 5 nitrogen and oxygen atoms in total. The Bertz CT molecular complexity index is 502. The molecule has 16 heavy (non-hydrogen) atoms. The molecule has 0 fully saturated rings. The largest absolute Gasteiger partial charge is 0.508 e. The monoisotopic (exact) mass is 217 g/mol. The highest BCUT2D eigenvalue weighted by Crippen LogP contribution is 2.11. The first-order chi connectivity index (χ1) is 7.65. The van der Waals surface area contributed by atoms with E-state index in [0.717, 1.165) is 0 Å². The van der Waals surface area contributed by atoms with E-state index in [2.05, 4.69) is 10.4 Å². The number of nitrogens with one attached hydrogen (secondary N) is 1. The first kappa shape index (κ1) is 10.2. The molecule has 2 aromatic rings. The summed E-state index contributed by atoms with van der Waals surface area (Å²) in [6.07, 6.45) is 3.27. The molecule has 2 N–H and O–H groups in total. The van der Waals surface area contributed by atoms with Crippen LogP contribution in [0, 0.1) is 0 Å². The number of nitrogens with zero attached hydrogens (tertiary/aromatic N) is 2. The Morgan fingerprint density at radius 2 is 2.06 bits per heavy atom. The molecule has 2 rings (SSSR count). The van der Waals surface area contributed by atoms with Gasteiger partial charge in [0.1, 0.15) is 5.75 Å². The summed E-state index contributed by atoms with van der Waals surface area (Å²) in [5, 5.41) is 15.7. The number of benzene rings is 1. The molecule has 0 aliphatic heterocycles. The third kappa shape index (κ3) is 2.20. The Balaban J connectivity index is 2.11. The first-order valence-corrected chi connectivity index (χ1v) is 4.74. The molecule has 5 heteroatoms. The normalized spacial score (nSPS) is 10.1. The lowest BCUT2D eigenvalue weighted by molar-refractivity contribution is 0.102. The average Bonchev–Trinajstić information content (AvgIpc) is 2.65. The van der Waals surface area contributed by atoms with Crippen LogP contribution in [0.25, 0.3) is 0 Å². The van der Waals surface area contributed by atoms with Gasteiger partial charge in [-0.25, -0.2) is 0 Å². The molecule has 0 unspecified atom stereocenters. The summed E-state index contributed by atoms with van der Waals surface area (Å²) in [6, 6.07) is 6.05. The van der Waals surface area contributed by atoms with E-state index in [1.165, 1.54) is 12.1 Å². The summed E-state index contributed by atoms with van der Waals surface area (Å²) < 4.78 is 1.60. The van der Waals surface area contributed by atoms with Gasteiger partial charge in [-0.05, 0) is 24.3 Å². The van der Waals surface area contributed by atoms with Crippen LogP contribution in [-0.2, 0) is 7.05 Å². The number of phenols is 1. The van der Waals surface area contributed by atoms with Crippen LogP contribution in [0.15, 0.2) is 36.7 Å². The molecule has 0 aliphatic rings. The van der Waals surface area contributed by atoms with Crippen molar-refractivity contribution >= 4 is 11.6 Å². The van der Waals surface area contributed by atoms with Crippen molar-refractivity contribution in [3.8, 4) is 5.75 Å². The molecule has 0 radical (unpaired) electrons. The molecule has 0 spiro atoms. The van der Waals surface area contributed by atoms with Crippen LogP contribution < -0.4 is 5.32 Å². The van der Waals surface area contributed by atoms with Gasteiger partial charge in [-0.2, -0.15) is 5.10 Å². The predicted molar refractivity (Wildman–Crippen MR) is 59.3 cm³/mol. The number of amides is 1. The third-order valence-electron chi connectivity index (χ3n) is 2.09. The second-order valence-electron chi connectivity index (χ2n) is 3.40. The van der Waals surface area contributed by atoms with Gasteiger partial charge in [-0.1, -0.05) is 0 Å². The van der Waals surface area contributed by atoms with Gasteiger partial charge in [0.05, 0.1) is 11.9 Å². The third-order valence-corrected chi connectivity index (χ3v) is 2.09. The maximum absolute atomic E-state index is 11.7. The predicted octanol–water partition coefficient (Wildman–Crippen LogP) is 1.38. The molecule has 0 bridgehead atoms. The molecule has 82 valence electrons. The summed E-state index contributed by atoms with van der Waals surface area (Å²) in [5.74, 6) is -0.0917. The van der Waals surface area contributed by atoms with Crippen LogP contribution in [0.3, 0.4) is 0 Å². The second kappa shape index (κ2) is 4.06. The quantitative estimate of drug-likeness (QED) is 0.798. The van der Waals surface area contributed by atoms with Gasteiger partial charge >= 0.3 is 0 Å². The zero-order chi connectivity index (χ0) is 11.5. The summed E-state index contributed by atoms with van der Waals surface area (Å²) in [7, 11) is 1.77. The maximum atomic E-state index is 11.7. The fourth-order valence-electron chi connectivity index (χ4n) is 1.30. The number of aryl methyl sites for hydroxylation is 1. The fraction of sp³-hybridized carbons (Fsp3) is 0.0909. The minimum atomic E-state index is -0.229. The first-order valence-electron chi connectivity index (χ1n) is 4.74. The number of carbonyl (C=O) groups excluding carboxylic acids is 1. The van der Waals surface area contributed by atoms with Crippen LogP contribution in [0.4, 0.5) is 5.69 Å². The summed E-state index contributed by atoms with van der Waals surface area (Å²) >= 11 is 0. The van der Waals surface area contributed by atoms with Crippen molar-refractivity contribution in [3.05, 3.63) is 42.2 Å². The molecule has 0 saturated heterocycles. The fourth-order valence-corrected chi connectivity index (χ4v) is 1.30. The lowest BCUT2D eigenvalue weighted by Crippen LogP contribution is -2.10. The van der Waals surface area contributed by atoms with E-state index >= 15 is 0 Å². The van der Waals surface area contributed by atoms with Gasteiger partial charge in [-0.15, -0.1) is 0 Å². The molecular weight excluding hydrogens is 206 g/mol. The Morgan fingerprint density at radius 1 is 1.38 bits per heavy atom. The van der Waals surface area contributed by atoms with Gasteiger partial charge in [0.2, 0.25) is 0 Å². The van der Waals surface area contributed by atoms with Crippen molar-refractivity contribution in [3.63, 3.8) is 0 Å². The number of anilines is 1. The molecule has 0 aliphatic carbocycles. The van der Waals surface area contributed by atoms with Gasteiger partial charge in [-0.3, -0.25) is 9.48 Å². The van der Waals surface area contributed by atoms with Crippen molar-refractivity contribution in [1.82, 2.24) is 9.78 Å². The number of hydrogen-bond acceptors (Lipinski definition) is 3. The zero-order valence-electron chi connectivity index (χ0n) is 8.71. The molecule has 1 heterocycles. The Kier molecular flexibility index (Phi) is 2.59. The van der Waals surface area contributed by atoms with E-state index < -0.39 is 0 Å². The van der Waals surface area contributed by atoms with Crippen molar-refractivity contribution in [2.45, 2.75) is 0 Å². The van der Waals surface area contributed by atoms with Crippen LogP contribution in [0.5, 0.6) is 5.75 Å². The highest BCUT2D eigenvalue weighted by Gasteiger charge is 2.06. The van der Waals surface area contributed by atoms with Crippen LogP contribution >= 0.6 is 0 Å². The number of carbonyl (C=O) groups is 1. The Morgan fingerprint density at radius 3 is 2.62 bits per heavy atom. The molecule has 1 amide bonds. The maximum Gasteiger partial charge on any atom is 0.255 e. The minimum Gasteiger partial charge on any atom is -0.508 e. The van der Waals surface area contributed by atoms with Gasteiger partial charge < -0.3 is 10.4 Å². The number of aromatic hydroxyl groups is 1. The van der Waals surface area contributed by atoms with E-state index in [4.69, 9.17) is 5.11 Å². The van der Waals surface area contributed by atoms with Crippen molar-refractivity contribution in [1.29, 1.82) is 0 Å². The lowest BCUT2D eigenvalue weighted by Gasteiger charge is -2.01. The van der Waals surface area contributed by atoms with Gasteiger partial charge in [0.15, 0.2) is 0 Å². The number of rotatable bonds is 2. The topological polar surface area (TPSA) is 67.2 Å². The van der Waals surface area contributed by atoms with Crippen LogP contribution in [-0.4, -0.2) is 20.8 Å². The molecule has 0 saturated carbocycles. The number of hydrogen-bond donors (Lipinski definition) is 2. The zero-order valence-corrected chi connectivity index (χ0v) is 8.71. The molecule has 1 aromatic carbocycles. The van der Waals surface area contributed by atoms with E-state index in [1.807, 2.05) is 0 Å². The van der Waals surface area contributed by atoms with Gasteiger partial charge in [0.25, 0.3) is 5.91 Å². The van der Waals surface area contributed by atoms with E-state index in [0.29, 0.717) is 11.3 Å². The smallest absolute Gasteiger partial charge is 0.255 e. The number of phenolic OH excluding ortho intramolecular Hbond substituents is 1. The van der Waals surface area contributed by atoms with Crippen molar-refractivity contribution < 1.29 is 9.90 Å². The second-order valence-corrected chi connectivity index (χ2v) is 3.40. The Labute approximate surface area is 92.3 Å². The highest BCUT2D eigenvalue weighted by atomic mass is 16.3. The minimum absolute atomic E-state index is 0.137. The van der Waals surface area contributed by atoms with Crippen molar-refractivity contribution in [2.24, 2.45) is 7.05 Å². The van der Waals surface area contributed by atoms with Gasteiger partial charge in [0, 0.05) is 18.8 Å².